The number of carbonyl (C=O) groups excluding carboxylic acids is 1. The number of nitrogens with one attached hydrogen (secondary N) is 1. The molecule has 1 unspecified atom stereocenters. The van der Waals surface area contributed by atoms with Gasteiger partial charge in [0.15, 0.2) is 0 Å². The molecule has 112 valence electrons. The highest BCUT2D eigenvalue weighted by Gasteiger charge is 2.18. The van der Waals surface area contributed by atoms with E-state index in [2.05, 4.69) is 5.32 Å². The van der Waals surface area contributed by atoms with Crippen molar-refractivity contribution >= 4 is 22.9 Å². The number of benzene rings is 1. The van der Waals surface area contributed by atoms with Gasteiger partial charge in [-0.1, -0.05) is 19.4 Å². The van der Waals surface area contributed by atoms with Gasteiger partial charge < -0.3 is 11.1 Å². The highest BCUT2D eigenvalue weighted by molar-refractivity contribution is 7.10. The van der Waals surface area contributed by atoms with E-state index >= 15 is 0 Å². The molecule has 0 bridgehead atoms. The Morgan fingerprint density at radius 2 is 2.05 bits per heavy atom. The number of amides is 1. The number of hydrogen-bond donors (Lipinski definition) is 2. The van der Waals surface area contributed by atoms with Crippen LogP contribution in [0, 0.1) is 11.6 Å². The van der Waals surface area contributed by atoms with E-state index in [9.17, 15) is 13.6 Å². The van der Waals surface area contributed by atoms with Gasteiger partial charge in [0.2, 0.25) is 0 Å². The molecule has 1 amide bonds. The monoisotopic (exact) mass is 310 g/mol. The van der Waals surface area contributed by atoms with Crippen molar-refractivity contribution in [2.24, 2.45) is 0 Å². The van der Waals surface area contributed by atoms with Crippen LogP contribution in [-0.2, 0) is 0 Å². The van der Waals surface area contributed by atoms with Gasteiger partial charge in [-0.3, -0.25) is 4.79 Å². The van der Waals surface area contributed by atoms with Crippen LogP contribution in [0.15, 0.2) is 29.6 Å². The van der Waals surface area contributed by atoms with Crippen LogP contribution in [0.1, 0.15) is 41.0 Å². The highest BCUT2D eigenvalue weighted by Crippen LogP contribution is 2.24. The number of nitrogens with two attached hydrogens (primary N) is 1. The van der Waals surface area contributed by atoms with Crippen LogP contribution >= 0.6 is 11.3 Å². The van der Waals surface area contributed by atoms with Crippen molar-refractivity contribution in [1.82, 2.24) is 5.32 Å². The summed E-state index contributed by atoms with van der Waals surface area (Å²) in [5.41, 5.74) is 4.55. The zero-order valence-corrected chi connectivity index (χ0v) is 12.3. The molecular formula is C15H16F2N2OS. The second-order valence-corrected chi connectivity index (χ2v) is 5.66. The average Bonchev–Trinajstić information content (AvgIpc) is 2.97. The summed E-state index contributed by atoms with van der Waals surface area (Å²) in [5.74, 6) is -2.37. The molecule has 1 aromatic heterocycles. The standard InChI is InChI=1S/C15H16F2N2OS/c1-2-4-12(13-5-3-6-21-13)19-15(20)9-7-10(16)14(18)11(17)8-9/h3,5-8,12H,2,4,18H2,1H3,(H,19,20). The molecule has 0 radical (unpaired) electrons. The first-order valence-corrected chi connectivity index (χ1v) is 7.49. The fraction of sp³-hybridized carbons (Fsp3) is 0.267. The number of rotatable bonds is 5. The fourth-order valence-electron chi connectivity index (χ4n) is 2.02. The van der Waals surface area contributed by atoms with Crippen LogP contribution in [0.5, 0.6) is 0 Å². The molecule has 1 heterocycles. The molecule has 1 aromatic carbocycles. The van der Waals surface area contributed by atoms with Gasteiger partial charge >= 0.3 is 0 Å². The van der Waals surface area contributed by atoms with E-state index in [1.807, 2.05) is 24.4 Å². The zero-order valence-electron chi connectivity index (χ0n) is 11.5. The maximum absolute atomic E-state index is 13.4. The number of anilines is 1. The lowest BCUT2D eigenvalue weighted by atomic mass is 10.1. The molecular weight excluding hydrogens is 294 g/mol. The van der Waals surface area contributed by atoms with Gasteiger partial charge in [0.25, 0.3) is 5.91 Å². The van der Waals surface area contributed by atoms with Crippen LogP contribution in [0.2, 0.25) is 0 Å². The van der Waals surface area contributed by atoms with Gasteiger partial charge in [-0.25, -0.2) is 8.78 Å². The number of nitrogen functional groups attached to an aromatic ring is 1. The van der Waals surface area contributed by atoms with Gasteiger partial charge in [0, 0.05) is 10.4 Å². The summed E-state index contributed by atoms with van der Waals surface area (Å²) in [5, 5.41) is 4.73. The number of thiophene rings is 1. The van der Waals surface area contributed by atoms with Gasteiger partial charge in [0.1, 0.15) is 17.3 Å². The molecule has 0 fully saturated rings. The highest BCUT2D eigenvalue weighted by atomic mass is 32.1. The Labute approximate surface area is 125 Å². The van der Waals surface area contributed by atoms with Crippen molar-refractivity contribution in [2.75, 3.05) is 5.73 Å². The van der Waals surface area contributed by atoms with E-state index in [0.29, 0.717) is 0 Å². The van der Waals surface area contributed by atoms with Crippen molar-refractivity contribution < 1.29 is 13.6 Å². The third-order valence-corrected chi connectivity index (χ3v) is 4.10. The van der Waals surface area contributed by atoms with Crippen molar-refractivity contribution in [2.45, 2.75) is 25.8 Å². The average molecular weight is 310 g/mol. The lowest BCUT2D eigenvalue weighted by Crippen LogP contribution is -2.28. The molecule has 6 heteroatoms. The fourth-order valence-corrected chi connectivity index (χ4v) is 2.83. The Balaban J connectivity index is 2.19. The van der Waals surface area contributed by atoms with Crippen LogP contribution in [-0.4, -0.2) is 5.91 Å². The zero-order chi connectivity index (χ0) is 15.4. The van der Waals surface area contributed by atoms with E-state index in [4.69, 9.17) is 5.73 Å². The van der Waals surface area contributed by atoms with E-state index in [-0.39, 0.29) is 11.6 Å². The molecule has 0 aliphatic carbocycles. The van der Waals surface area contributed by atoms with Crippen molar-refractivity contribution in [3.8, 4) is 0 Å². The minimum atomic E-state index is -0.927. The summed E-state index contributed by atoms with van der Waals surface area (Å²) in [7, 11) is 0. The first-order valence-electron chi connectivity index (χ1n) is 6.61. The normalized spacial score (nSPS) is 12.1. The molecule has 0 aliphatic heterocycles. The molecule has 2 rings (SSSR count). The third kappa shape index (κ3) is 3.58. The molecule has 3 N–H and O–H groups in total. The van der Waals surface area contributed by atoms with Gasteiger partial charge in [0.05, 0.1) is 6.04 Å². The predicted octanol–water partition coefficient (Wildman–Crippen LogP) is 3.88. The third-order valence-electron chi connectivity index (χ3n) is 3.11. The summed E-state index contributed by atoms with van der Waals surface area (Å²) >= 11 is 1.53. The Kier molecular flexibility index (Phi) is 4.90. The number of hydrogen-bond acceptors (Lipinski definition) is 3. The van der Waals surface area contributed by atoms with E-state index in [1.54, 1.807) is 0 Å². The second-order valence-electron chi connectivity index (χ2n) is 4.68. The van der Waals surface area contributed by atoms with Gasteiger partial charge in [-0.2, -0.15) is 0 Å². The molecule has 0 aliphatic rings. The topological polar surface area (TPSA) is 55.1 Å². The summed E-state index contributed by atoms with van der Waals surface area (Å²) < 4.78 is 26.8. The SMILES string of the molecule is CCCC(NC(=O)c1cc(F)c(N)c(F)c1)c1cccs1. The van der Waals surface area contributed by atoms with Gasteiger partial charge in [-0.15, -0.1) is 11.3 Å². The second kappa shape index (κ2) is 6.67. The minimum Gasteiger partial charge on any atom is -0.394 e. The Hall–Kier alpha value is -1.95. The molecule has 0 spiro atoms. The van der Waals surface area contributed by atoms with Crippen LogP contribution in [0.3, 0.4) is 0 Å². The maximum atomic E-state index is 13.4. The summed E-state index contributed by atoms with van der Waals surface area (Å²) in [6, 6.07) is 5.56. The van der Waals surface area contributed by atoms with E-state index in [1.165, 1.54) is 11.3 Å². The molecule has 1 atom stereocenters. The van der Waals surface area contributed by atoms with E-state index in [0.717, 1.165) is 29.9 Å². The molecule has 2 aromatic rings. The minimum absolute atomic E-state index is 0.0724. The summed E-state index contributed by atoms with van der Waals surface area (Å²) in [6.45, 7) is 2.01. The molecule has 0 saturated carbocycles. The number of halogens is 2. The van der Waals surface area contributed by atoms with Crippen molar-refractivity contribution in [1.29, 1.82) is 0 Å². The quantitative estimate of drug-likeness (QED) is 0.823. The smallest absolute Gasteiger partial charge is 0.252 e. The first-order chi connectivity index (χ1) is 10.0. The Morgan fingerprint density at radius 1 is 1.38 bits per heavy atom. The van der Waals surface area contributed by atoms with Crippen molar-refractivity contribution in [3.63, 3.8) is 0 Å². The molecule has 0 saturated heterocycles. The van der Waals surface area contributed by atoms with Crippen LogP contribution in [0.4, 0.5) is 14.5 Å². The van der Waals surface area contributed by atoms with Crippen LogP contribution in [0.25, 0.3) is 0 Å². The predicted molar refractivity (Wildman–Crippen MR) is 80.2 cm³/mol. The summed E-state index contributed by atoms with van der Waals surface area (Å²) in [6.07, 6.45) is 1.64. The molecule has 21 heavy (non-hydrogen) atoms. The lowest BCUT2D eigenvalue weighted by Gasteiger charge is -2.17. The largest absolute Gasteiger partial charge is 0.394 e. The lowest BCUT2D eigenvalue weighted by molar-refractivity contribution is 0.0934. The van der Waals surface area contributed by atoms with E-state index < -0.39 is 23.2 Å². The maximum Gasteiger partial charge on any atom is 0.252 e. The first kappa shape index (κ1) is 15.4. The number of carbonyl (C=O) groups is 1. The van der Waals surface area contributed by atoms with Crippen LogP contribution < -0.4 is 11.1 Å². The molecule has 3 nitrogen and oxygen atoms in total. The summed E-state index contributed by atoms with van der Waals surface area (Å²) in [4.78, 5) is 13.2. The Morgan fingerprint density at radius 3 is 2.57 bits per heavy atom. The van der Waals surface area contributed by atoms with Gasteiger partial charge in [-0.05, 0) is 30.0 Å². The Bertz CT molecular complexity index is 606. The van der Waals surface area contributed by atoms with Crippen molar-refractivity contribution in [3.05, 3.63) is 51.7 Å².